The third-order valence-corrected chi connectivity index (χ3v) is 3.29. The number of hydrogen-bond acceptors (Lipinski definition) is 3. The van der Waals surface area contributed by atoms with Crippen LogP contribution in [-0.4, -0.2) is 29.6 Å². The van der Waals surface area contributed by atoms with Crippen LogP contribution in [0.4, 0.5) is 0 Å². The van der Waals surface area contributed by atoms with Gasteiger partial charge in [0.05, 0.1) is 5.92 Å². The van der Waals surface area contributed by atoms with Gasteiger partial charge in [-0.05, 0) is 25.0 Å². The second kappa shape index (κ2) is 6.22. The number of carboxylic acid groups (broad SMARTS) is 1. The van der Waals surface area contributed by atoms with E-state index in [2.05, 4.69) is 5.32 Å². The number of ether oxygens (including phenoxy) is 1. The van der Waals surface area contributed by atoms with Gasteiger partial charge in [0.2, 0.25) is 0 Å². The maximum atomic E-state index is 11.7. The lowest BCUT2D eigenvalue weighted by atomic mass is 10.0. The van der Waals surface area contributed by atoms with Gasteiger partial charge in [-0.2, -0.15) is 0 Å². The van der Waals surface area contributed by atoms with Gasteiger partial charge >= 0.3 is 5.97 Å². The maximum Gasteiger partial charge on any atom is 0.308 e. The molecule has 2 rings (SSSR count). The topological polar surface area (TPSA) is 75.6 Å². The number of nitrogens with one attached hydrogen (secondary N) is 1. The van der Waals surface area contributed by atoms with E-state index in [1.54, 1.807) is 12.1 Å². The Hall–Kier alpha value is -2.04. The number of carbonyl (C=O) groups excluding carboxylic acids is 1. The summed E-state index contributed by atoms with van der Waals surface area (Å²) in [5.41, 5.74) is 0. The second-order valence-electron chi connectivity index (χ2n) is 4.65. The largest absolute Gasteiger partial charge is 0.484 e. The number of benzene rings is 1. The first kappa shape index (κ1) is 13.4. The molecule has 5 nitrogen and oxygen atoms in total. The van der Waals surface area contributed by atoms with Crippen molar-refractivity contribution in [2.75, 3.05) is 6.61 Å². The first-order valence-electron chi connectivity index (χ1n) is 6.37. The van der Waals surface area contributed by atoms with E-state index in [1.165, 1.54) is 0 Å². The first-order valence-corrected chi connectivity index (χ1v) is 6.37. The van der Waals surface area contributed by atoms with Crippen molar-refractivity contribution in [1.82, 2.24) is 5.32 Å². The number of para-hydroxylation sites is 1. The van der Waals surface area contributed by atoms with E-state index in [-0.39, 0.29) is 18.6 Å². The number of aliphatic carboxylic acids is 1. The molecule has 1 fully saturated rings. The summed E-state index contributed by atoms with van der Waals surface area (Å²) in [4.78, 5) is 22.7. The summed E-state index contributed by atoms with van der Waals surface area (Å²) in [6, 6.07) is 8.77. The predicted octanol–water partition coefficient (Wildman–Crippen LogP) is 1.43. The molecule has 2 N–H and O–H groups in total. The highest BCUT2D eigenvalue weighted by atomic mass is 16.5. The number of hydrogen-bond donors (Lipinski definition) is 2. The summed E-state index contributed by atoms with van der Waals surface area (Å²) >= 11 is 0. The van der Waals surface area contributed by atoms with E-state index in [0.29, 0.717) is 18.6 Å². The lowest BCUT2D eigenvalue weighted by molar-refractivity contribution is -0.142. The second-order valence-corrected chi connectivity index (χ2v) is 4.65. The van der Waals surface area contributed by atoms with E-state index < -0.39 is 11.9 Å². The van der Waals surface area contributed by atoms with Gasteiger partial charge in [-0.25, -0.2) is 0 Å². The van der Waals surface area contributed by atoms with E-state index in [9.17, 15) is 9.59 Å². The Balaban J connectivity index is 1.80. The minimum absolute atomic E-state index is 0.0904. The van der Waals surface area contributed by atoms with E-state index >= 15 is 0 Å². The van der Waals surface area contributed by atoms with Crippen LogP contribution in [-0.2, 0) is 9.59 Å². The molecule has 0 aliphatic heterocycles. The van der Waals surface area contributed by atoms with Gasteiger partial charge < -0.3 is 15.2 Å². The molecule has 0 bridgehead atoms. The van der Waals surface area contributed by atoms with Crippen molar-refractivity contribution in [2.45, 2.75) is 25.3 Å². The van der Waals surface area contributed by atoms with Crippen LogP contribution in [0.15, 0.2) is 30.3 Å². The molecule has 0 saturated heterocycles. The zero-order valence-corrected chi connectivity index (χ0v) is 10.5. The molecule has 1 amide bonds. The molecular weight excluding hydrogens is 246 g/mol. The average molecular weight is 263 g/mol. The summed E-state index contributed by atoms with van der Waals surface area (Å²) < 4.78 is 5.31. The molecule has 0 heterocycles. The highest BCUT2D eigenvalue weighted by Crippen LogP contribution is 2.25. The van der Waals surface area contributed by atoms with Crippen molar-refractivity contribution in [1.29, 1.82) is 0 Å². The van der Waals surface area contributed by atoms with E-state index in [0.717, 1.165) is 6.42 Å². The molecule has 2 atom stereocenters. The smallest absolute Gasteiger partial charge is 0.308 e. The highest BCUT2D eigenvalue weighted by molar-refractivity contribution is 5.79. The zero-order valence-electron chi connectivity index (χ0n) is 10.5. The van der Waals surface area contributed by atoms with Crippen LogP contribution in [0, 0.1) is 5.92 Å². The highest BCUT2D eigenvalue weighted by Gasteiger charge is 2.33. The molecule has 1 saturated carbocycles. The fraction of sp³-hybridized carbons (Fsp3) is 0.429. The summed E-state index contributed by atoms with van der Waals surface area (Å²) in [7, 11) is 0. The fourth-order valence-corrected chi connectivity index (χ4v) is 2.34. The van der Waals surface area contributed by atoms with Gasteiger partial charge in [-0.15, -0.1) is 0 Å². The van der Waals surface area contributed by atoms with Crippen molar-refractivity contribution in [3.8, 4) is 5.75 Å². The summed E-state index contributed by atoms with van der Waals surface area (Å²) in [6.07, 6.45) is 2.18. The van der Waals surface area contributed by atoms with Gasteiger partial charge in [0.1, 0.15) is 5.75 Å². The molecule has 0 aromatic heterocycles. The van der Waals surface area contributed by atoms with Crippen molar-refractivity contribution in [3.05, 3.63) is 30.3 Å². The summed E-state index contributed by atoms with van der Waals surface area (Å²) in [5.74, 6) is -0.965. The Kier molecular flexibility index (Phi) is 4.39. The normalized spacial score (nSPS) is 21.9. The van der Waals surface area contributed by atoms with Crippen molar-refractivity contribution >= 4 is 11.9 Å². The Morgan fingerprint density at radius 1 is 1.26 bits per heavy atom. The van der Waals surface area contributed by atoms with Gasteiger partial charge in [0, 0.05) is 6.04 Å². The van der Waals surface area contributed by atoms with Crippen molar-refractivity contribution in [2.24, 2.45) is 5.92 Å². The van der Waals surface area contributed by atoms with Gasteiger partial charge in [-0.1, -0.05) is 24.6 Å². The fourth-order valence-electron chi connectivity index (χ4n) is 2.34. The van der Waals surface area contributed by atoms with Crippen LogP contribution in [0.2, 0.25) is 0 Å². The molecule has 0 unspecified atom stereocenters. The molecule has 102 valence electrons. The molecule has 1 aliphatic carbocycles. The predicted molar refractivity (Wildman–Crippen MR) is 68.8 cm³/mol. The molecular formula is C14H17NO4. The summed E-state index contributed by atoms with van der Waals surface area (Å²) in [5, 5.41) is 11.8. The third-order valence-electron chi connectivity index (χ3n) is 3.29. The lowest BCUT2D eigenvalue weighted by Gasteiger charge is -2.17. The van der Waals surface area contributed by atoms with Crippen LogP contribution < -0.4 is 10.1 Å². The van der Waals surface area contributed by atoms with Crippen LogP contribution in [0.5, 0.6) is 5.75 Å². The van der Waals surface area contributed by atoms with Gasteiger partial charge in [0.25, 0.3) is 5.91 Å². The van der Waals surface area contributed by atoms with Crippen LogP contribution in [0.1, 0.15) is 19.3 Å². The minimum atomic E-state index is -0.841. The quantitative estimate of drug-likeness (QED) is 0.842. The maximum absolute atomic E-state index is 11.7. The van der Waals surface area contributed by atoms with E-state index in [1.807, 2.05) is 18.2 Å². The molecule has 19 heavy (non-hydrogen) atoms. The van der Waals surface area contributed by atoms with Crippen LogP contribution in [0.3, 0.4) is 0 Å². The SMILES string of the molecule is O=C(COc1ccccc1)N[C@H]1CCC[C@H]1C(=O)O. The minimum Gasteiger partial charge on any atom is -0.484 e. The molecule has 1 aromatic carbocycles. The number of carbonyl (C=O) groups is 2. The van der Waals surface area contributed by atoms with Gasteiger partial charge in [0.15, 0.2) is 6.61 Å². The van der Waals surface area contributed by atoms with Crippen LogP contribution >= 0.6 is 0 Å². The third kappa shape index (κ3) is 3.71. The zero-order chi connectivity index (χ0) is 13.7. The molecule has 1 aromatic rings. The molecule has 0 radical (unpaired) electrons. The van der Waals surface area contributed by atoms with E-state index in [4.69, 9.17) is 9.84 Å². The Labute approximate surface area is 111 Å². The lowest BCUT2D eigenvalue weighted by Crippen LogP contribution is -2.42. The Morgan fingerprint density at radius 3 is 2.68 bits per heavy atom. The van der Waals surface area contributed by atoms with Crippen molar-refractivity contribution < 1.29 is 19.4 Å². The monoisotopic (exact) mass is 263 g/mol. The standard InChI is InChI=1S/C14H17NO4/c16-13(9-19-10-5-2-1-3-6-10)15-12-8-4-7-11(12)14(17)18/h1-3,5-6,11-12H,4,7-9H2,(H,15,16)(H,17,18)/t11-,12+/m1/s1. The Bertz CT molecular complexity index is 446. The summed E-state index contributed by atoms with van der Waals surface area (Å²) in [6.45, 7) is -0.0904. The molecule has 0 spiro atoms. The van der Waals surface area contributed by atoms with Gasteiger partial charge in [-0.3, -0.25) is 9.59 Å². The Morgan fingerprint density at radius 2 is 2.00 bits per heavy atom. The number of rotatable bonds is 5. The average Bonchev–Trinajstić information content (AvgIpc) is 2.86. The molecule has 5 heteroatoms. The number of carboxylic acids is 1. The number of amides is 1. The first-order chi connectivity index (χ1) is 9.16. The van der Waals surface area contributed by atoms with Crippen molar-refractivity contribution in [3.63, 3.8) is 0 Å². The molecule has 1 aliphatic rings. The van der Waals surface area contributed by atoms with Crippen LogP contribution in [0.25, 0.3) is 0 Å².